The van der Waals surface area contributed by atoms with Crippen LogP contribution in [0.2, 0.25) is 0 Å². The van der Waals surface area contributed by atoms with E-state index in [1.807, 2.05) is 6.07 Å². The Bertz CT molecular complexity index is 1300. The monoisotopic (exact) mass is 526 g/mol. The van der Waals surface area contributed by atoms with Crippen molar-refractivity contribution in [2.75, 3.05) is 18.5 Å². The average molecular weight is 527 g/mol. The van der Waals surface area contributed by atoms with E-state index in [4.69, 9.17) is 15.2 Å². The molecule has 1 aliphatic carbocycles. The van der Waals surface area contributed by atoms with Crippen LogP contribution in [-0.4, -0.2) is 41.2 Å². The lowest BCUT2D eigenvalue weighted by Crippen LogP contribution is -2.31. The fourth-order valence-corrected chi connectivity index (χ4v) is 5.35. The summed E-state index contributed by atoms with van der Waals surface area (Å²) in [5, 5.41) is 2.78. The highest BCUT2D eigenvalue weighted by molar-refractivity contribution is 6.03. The highest BCUT2D eigenvalue weighted by Gasteiger charge is 2.28. The third-order valence-corrected chi connectivity index (χ3v) is 7.04. The van der Waals surface area contributed by atoms with Gasteiger partial charge < -0.3 is 20.5 Å². The third kappa shape index (κ3) is 5.66. The number of carbonyl (C=O) groups is 1. The van der Waals surface area contributed by atoms with Crippen molar-refractivity contribution in [2.24, 2.45) is 11.7 Å². The molecule has 2 aromatic heterocycles. The lowest BCUT2D eigenvalue weighted by atomic mass is 9.76. The molecule has 7 nitrogen and oxygen atoms in total. The first-order valence-corrected chi connectivity index (χ1v) is 12.7. The molecule has 0 spiro atoms. The molecule has 2 fully saturated rings. The van der Waals surface area contributed by atoms with Crippen LogP contribution in [0, 0.1) is 23.4 Å². The molecule has 1 saturated heterocycles. The van der Waals surface area contributed by atoms with Crippen LogP contribution in [0.25, 0.3) is 11.3 Å². The zero-order chi connectivity index (χ0) is 26.8. The molecule has 5 rings (SSSR count). The Kier molecular flexibility index (Phi) is 7.62. The van der Waals surface area contributed by atoms with Gasteiger partial charge in [0.25, 0.3) is 5.91 Å². The standard InChI is InChI=1S/C28H29F3N4O3/c1-15-8-16(10-17(32)9-15)20-4-6-33-13-25(20)35-28(36)24-3-2-21(29)27(34-24)26-22(30)11-19(12-23(26)31)38-18-5-7-37-14-18/h2-4,6,11-13,15-18H,5,7-10,14,32H2,1H3,(H,35,36)/t15-,16+,17+,18-/m0/s1. The van der Waals surface area contributed by atoms with Crippen molar-refractivity contribution in [1.29, 1.82) is 0 Å². The van der Waals surface area contributed by atoms with Crippen molar-refractivity contribution in [3.05, 3.63) is 71.4 Å². The van der Waals surface area contributed by atoms with Gasteiger partial charge in [-0.2, -0.15) is 0 Å². The van der Waals surface area contributed by atoms with E-state index >= 15 is 0 Å². The van der Waals surface area contributed by atoms with Crippen LogP contribution >= 0.6 is 0 Å². The van der Waals surface area contributed by atoms with Gasteiger partial charge in [-0.15, -0.1) is 0 Å². The maximum atomic E-state index is 15.0. The number of nitrogens with zero attached hydrogens (tertiary/aromatic N) is 2. The van der Waals surface area contributed by atoms with Gasteiger partial charge in [0.15, 0.2) is 0 Å². The smallest absolute Gasteiger partial charge is 0.274 e. The average Bonchev–Trinajstić information content (AvgIpc) is 3.37. The van der Waals surface area contributed by atoms with Gasteiger partial charge >= 0.3 is 0 Å². The van der Waals surface area contributed by atoms with Crippen molar-refractivity contribution in [2.45, 2.75) is 50.7 Å². The molecule has 38 heavy (non-hydrogen) atoms. The van der Waals surface area contributed by atoms with Crippen LogP contribution in [0.4, 0.5) is 18.9 Å². The van der Waals surface area contributed by atoms with Crippen LogP contribution in [-0.2, 0) is 4.74 Å². The molecule has 200 valence electrons. The molecule has 0 unspecified atom stereocenters. The number of hydrogen-bond donors (Lipinski definition) is 2. The second-order valence-electron chi connectivity index (χ2n) is 10.1. The molecule has 0 radical (unpaired) electrons. The van der Waals surface area contributed by atoms with Crippen molar-refractivity contribution in [3.63, 3.8) is 0 Å². The van der Waals surface area contributed by atoms with E-state index in [0.29, 0.717) is 31.2 Å². The van der Waals surface area contributed by atoms with Crippen LogP contribution in [0.5, 0.6) is 5.75 Å². The third-order valence-electron chi connectivity index (χ3n) is 7.04. The maximum Gasteiger partial charge on any atom is 0.274 e. The summed E-state index contributed by atoms with van der Waals surface area (Å²) in [5.41, 5.74) is 6.13. The summed E-state index contributed by atoms with van der Waals surface area (Å²) in [6, 6.07) is 5.99. The van der Waals surface area contributed by atoms with Crippen LogP contribution < -0.4 is 15.8 Å². The number of anilines is 1. The summed E-state index contributed by atoms with van der Waals surface area (Å²) in [7, 11) is 0. The SMILES string of the molecule is C[C@@H]1C[C@@H](N)C[C@H](c2ccncc2NC(=O)c2ccc(F)c(-c3c(F)cc(O[C@H]4CCOC4)cc3F)n2)C1. The topological polar surface area (TPSA) is 99.4 Å². The summed E-state index contributed by atoms with van der Waals surface area (Å²) in [6.45, 7) is 2.98. The number of nitrogens with two attached hydrogens (primary N) is 1. The Morgan fingerprint density at radius 2 is 1.89 bits per heavy atom. The fourth-order valence-electron chi connectivity index (χ4n) is 5.35. The zero-order valence-electron chi connectivity index (χ0n) is 20.9. The molecule has 1 aliphatic heterocycles. The van der Waals surface area contributed by atoms with Crippen LogP contribution in [0.15, 0.2) is 42.7 Å². The Hall–Kier alpha value is -3.50. The number of amides is 1. The minimum absolute atomic E-state index is 0.0330. The number of halogens is 3. The second-order valence-corrected chi connectivity index (χ2v) is 10.1. The lowest BCUT2D eigenvalue weighted by Gasteiger charge is -2.32. The molecule has 3 aromatic rings. The first-order chi connectivity index (χ1) is 18.3. The maximum absolute atomic E-state index is 15.0. The molecular formula is C28H29F3N4O3. The van der Waals surface area contributed by atoms with Gasteiger partial charge in [-0.05, 0) is 54.9 Å². The summed E-state index contributed by atoms with van der Waals surface area (Å²) < 4.78 is 55.4. The normalized spacial score (nSPS) is 23.3. The number of aromatic nitrogens is 2. The largest absolute Gasteiger partial charge is 0.488 e. The summed E-state index contributed by atoms with van der Waals surface area (Å²) in [5.74, 6) is -3.19. The second kappa shape index (κ2) is 11.1. The molecule has 2 aliphatic rings. The van der Waals surface area contributed by atoms with Crippen LogP contribution in [0.1, 0.15) is 54.6 Å². The fraction of sp³-hybridized carbons (Fsp3) is 0.393. The van der Waals surface area contributed by atoms with Crippen molar-refractivity contribution in [3.8, 4) is 17.0 Å². The number of rotatable bonds is 6. The van der Waals surface area contributed by atoms with E-state index in [0.717, 1.165) is 49.1 Å². The van der Waals surface area contributed by atoms with Crippen molar-refractivity contribution in [1.82, 2.24) is 9.97 Å². The Morgan fingerprint density at radius 1 is 1.11 bits per heavy atom. The number of carbonyl (C=O) groups excluding carboxylic acids is 1. The quantitative estimate of drug-likeness (QED) is 0.458. The van der Waals surface area contributed by atoms with Gasteiger partial charge in [0.05, 0.1) is 30.7 Å². The summed E-state index contributed by atoms with van der Waals surface area (Å²) in [4.78, 5) is 21.2. The molecule has 1 amide bonds. The Morgan fingerprint density at radius 3 is 2.61 bits per heavy atom. The molecule has 1 saturated carbocycles. The Labute approximate surface area is 218 Å². The van der Waals surface area contributed by atoms with Crippen molar-refractivity contribution >= 4 is 11.6 Å². The highest BCUT2D eigenvalue weighted by atomic mass is 19.1. The lowest BCUT2D eigenvalue weighted by molar-refractivity contribution is 0.102. The zero-order valence-corrected chi connectivity index (χ0v) is 20.9. The molecule has 4 atom stereocenters. The van der Waals surface area contributed by atoms with Gasteiger partial charge in [-0.25, -0.2) is 18.2 Å². The molecule has 0 bridgehead atoms. The first kappa shape index (κ1) is 26.1. The van der Waals surface area contributed by atoms with E-state index < -0.39 is 34.6 Å². The van der Waals surface area contributed by atoms with Gasteiger partial charge in [0, 0.05) is 30.8 Å². The van der Waals surface area contributed by atoms with Gasteiger partial charge in [-0.1, -0.05) is 6.92 Å². The van der Waals surface area contributed by atoms with Gasteiger partial charge in [0.1, 0.15) is 40.7 Å². The van der Waals surface area contributed by atoms with E-state index in [1.165, 1.54) is 6.20 Å². The summed E-state index contributed by atoms with van der Waals surface area (Å²) >= 11 is 0. The molecule has 1 aromatic carbocycles. The number of nitrogens with one attached hydrogen (secondary N) is 1. The predicted octanol–water partition coefficient (Wildman–Crippen LogP) is 5.21. The van der Waals surface area contributed by atoms with E-state index in [9.17, 15) is 18.0 Å². The molecular weight excluding hydrogens is 497 g/mol. The summed E-state index contributed by atoms with van der Waals surface area (Å²) in [6.07, 6.45) is 6.13. The van der Waals surface area contributed by atoms with Gasteiger partial charge in [-0.3, -0.25) is 9.78 Å². The predicted molar refractivity (Wildman–Crippen MR) is 135 cm³/mol. The first-order valence-electron chi connectivity index (χ1n) is 12.7. The molecule has 3 N–H and O–H groups in total. The number of hydrogen-bond acceptors (Lipinski definition) is 6. The minimum atomic E-state index is -1.06. The van der Waals surface area contributed by atoms with E-state index in [2.05, 4.69) is 22.2 Å². The number of pyridine rings is 2. The number of ether oxygens (including phenoxy) is 2. The van der Waals surface area contributed by atoms with E-state index in [1.54, 1.807) is 6.20 Å². The highest BCUT2D eigenvalue weighted by Crippen LogP contribution is 2.38. The number of benzene rings is 1. The minimum Gasteiger partial charge on any atom is -0.488 e. The van der Waals surface area contributed by atoms with Crippen molar-refractivity contribution < 1.29 is 27.4 Å². The molecule has 3 heterocycles. The van der Waals surface area contributed by atoms with Crippen LogP contribution in [0.3, 0.4) is 0 Å². The van der Waals surface area contributed by atoms with E-state index in [-0.39, 0.29) is 29.5 Å². The Balaban J connectivity index is 1.40. The van der Waals surface area contributed by atoms with Gasteiger partial charge in [0.2, 0.25) is 0 Å². The molecule has 10 heteroatoms.